The van der Waals surface area contributed by atoms with Crippen molar-refractivity contribution in [3.05, 3.63) is 23.8 Å². The molecule has 0 bridgehead atoms. The number of aryl methyl sites for hydroxylation is 1. The maximum absolute atomic E-state index is 12.1. The lowest BCUT2D eigenvalue weighted by atomic mass is 10.2. The van der Waals surface area contributed by atoms with E-state index in [1.807, 2.05) is 27.7 Å². The van der Waals surface area contributed by atoms with Crippen molar-refractivity contribution in [2.24, 2.45) is 0 Å². The van der Waals surface area contributed by atoms with Crippen LogP contribution in [0.3, 0.4) is 0 Å². The van der Waals surface area contributed by atoms with Crippen LogP contribution >= 0.6 is 0 Å². The number of hydrogen-bond donors (Lipinski definition) is 1. The van der Waals surface area contributed by atoms with Crippen LogP contribution in [0.15, 0.2) is 23.1 Å². The zero-order valence-corrected chi connectivity index (χ0v) is 12.2. The van der Waals surface area contributed by atoms with Crippen molar-refractivity contribution in [1.82, 2.24) is 0 Å². The summed E-state index contributed by atoms with van der Waals surface area (Å²) in [6.45, 7) is 7.67. The van der Waals surface area contributed by atoms with E-state index in [9.17, 15) is 8.42 Å². The molecule has 0 saturated heterocycles. The first-order chi connectivity index (χ1) is 8.12. The summed E-state index contributed by atoms with van der Waals surface area (Å²) < 4.78 is 29.7. The van der Waals surface area contributed by atoms with Gasteiger partial charge in [-0.15, -0.1) is 0 Å². The van der Waals surface area contributed by atoms with Gasteiger partial charge < -0.3 is 10.5 Å². The predicted molar refractivity (Wildman–Crippen MR) is 73.3 cm³/mol. The minimum atomic E-state index is -3.39. The van der Waals surface area contributed by atoms with E-state index in [-0.39, 0.29) is 28.5 Å². The molecule has 1 aromatic rings. The van der Waals surface area contributed by atoms with Crippen LogP contribution in [0.1, 0.15) is 26.3 Å². The van der Waals surface area contributed by atoms with Gasteiger partial charge in [0.25, 0.3) is 0 Å². The molecule has 102 valence electrons. The van der Waals surface area contributed by atoms with Gasteiger partial charge in [0.1, 0.15) is 0 Å². The highest BCUT2D eigenvalue weighted by atomic mass is 32.2. The Morgan fingerprint density at radius 3 is 2.44 bits per heavy atom. The van der Waals surface area contributed by atoms with Crippen LogP contribution in [-0.2, 0) is 14.6 Å². The molecule has 4 nitrogen and oxygen atoms in total. The third-order valence-electron chi connectivity index (χ3n) is 2.39. The second-order valence-corrected chi connectivity index (χ2v) is 7.40. The average molecular weight is 271 g/mol. The van der Waals surface area contributed by atoms with Crippen molar-refractivity contribution < 1.29 is 13.2 Å². The summed E-state index contributed by atoms with van der Waals surface area (Å²) in [5.74, 6) is -0.0576. The lowest BCUT2D eigenvalue weighted by molar-refractivity contribution is 0.00645. The molecule has 1 rings (SSSR count). The van der Waals surface area contributed by atoms with Gasteiger partial charge in [-0.3, -0.25) is 0 Å². The van der Waals surface area contributed by atoms with Crippen molar-refractivity contribution >= 4 is 15.5 Å². The molecular weight excluding hydrogens is 250 g/mol. The van der Waals surface area contributed by atoms with Gasteiger partial charge in [0.2, 0.25) is 0 Å². The van der Waals surface area contributed by atoms with Crippen molar-refractivity contribution in [3.63, 3.8) is 0 Å². The Balaban J connectivity index is 2.84. The molecule has 0 fully saturated rings. The van der Waals surface area contributed by atoms with Gasteiger partial charge >= 0.3 is 0 Å². The smallest absolute Gasteiger partial charge is 0.182 e. The fraction of sp³-hybridized carbons (Fsp3) is 0.538. The summed E-state index contributed by atoms with van der Waals surface area (Å²) in [6, 6.07) is 5.01. The summed E-state index contributed by atoms with van der Waals surface area (Å²) in [5.41, 5.74) is 6.54. The Morgan fingerprint density at radius 2 is 1.89 bits per heavy atom. The van der Waals surface area contributed by atoms with Gasteiger partial charge in [0.05, 0.1) is 28.5 Å². The minimum Gasteiger partial charge on any atom is -0.398 e. The standard InChI is InChI=1S/C13H21NO3S/c1-10-5-6-11(14)12(9-10)18(15,16)8-7-17-13(2,3)4/h5-6,9H,7-8,14H2,1-4H3. The molecule has 0 saturated carbocycles. The molecule has 0 atom stereocenters. The maximum atomic E-state index is 12.1. The molecule has 0 aliphatic heterocycles. The van der Waals surface area contributed by atoms with Gasteiger partial charge in [-0.1, -0.05) is 6.07 Å². The predicted octanol–water partition coefficient (Wildman–Crippen LogP) is 2.17. The number of ether oxygens (including phenoxy) is 1. The summed E-state index contributed by atoms with van der Waals surface area (Å²) in [5, 5.41) is 0. The van der Waals surface area contributed by atoms with E-state index < -0.39 is 9.84 Å². The Bertz CT molecular complexity index is 516. The van der Waals surface area contributed by atoms with Crippen LogP contribution in [0, 0.1) is 6.92 Å². The molecule has 2 N–H and O–H groups in total. The summed E-state index contributed by atoms with van der Waals surface area (Å²) in [7, 11) is -3.39. The van der Waals surface area contributed by atoms with Gasteiger partial charge in [-0.2, -0.15) is 0 Å². The van der Waals surface area contributed by atoms with E-state index in [2.05, 4.69) is 0 Å². The lowest BCUT2D eigenvalue weighted by Crippen LogP contribution is -2.24. The van der Waals surface area contributed by atoms with Crippen molar-refractivity contribution in [3.8, 4) is 0 Å². The fourth-order valence-corrected chi connectivity index (χ4v) is 2.79. The molecule has 0 aliphatic rings. The highest BCUT2D eigenvalue weighted by molar-refractivity contribution is 7.91. The zero-order valence-electron chi connectivity index (χ0n) is 11.4. The maximum Gasteiger partial charge on any atom is 0.182 e. The largest absolute Gasteiger partial charge is 0.398 e. The van der Waals surface area contributed by atoms with Crippen LogP contribution in [0.5, 0.6) is 0 Å². The topological polar surface area (TPSA) is 69.4 Å². The normalized spacial score (nSPS) is 12.7. The molecule has 0 heterocycles. The zero-order chi connectivity index (χ0) is 14.0. The third kappa shape index (κ3) is 4.31. The first kappa shape index (κ1) is 15.0. The molecule has 1 aromatic carbocycles. The van der Waals surface area contributed by atoms with E-state index in [1.54, 1.807) is 18.2 Å². The van der Waals surface area contributed by atoms with E-state index in [4.69, 9.17) is 10.5 Å². The molecule has 5 heteroatoms. The number of nitrogen functional groups attached to an aromatic ring is 1. The number of anilines is 1. The van der Waals surface area contributed by atoms with Crippen molar-refractivity contribution in [2.45, 2.75) is 38.2 Å². The Kier molecular flexibility index (Phi) is 4.40. The van der Waals surface area contributed by atoms with E-state index in [1.165, 1.54) is 0 Å². The number of nitrogens with two attached hydrogens (primary N) is 1. The molecule has 0 unspecified atom stereocenters. The van der Waals surface area contributed by atoms with Gasteiger partial charge in [-0.25, -0.2) is 8.42 Å². The Morgan fingerprint density at radius 1 is 1.28 bits per heavy atom. The number of rotatable bonds is 4. The quantitative estimate of drug-likeness (QED) is 0.852. The Labute approximate surface area is 109 Å². The first-order valence-electron chi connectivity index (χ1n) is 5.85. The van der Waals surface area contributed by atoms with Crippen LogP contribution in [0.2, 0.25) is 0 Å². The van der Waals surface area contributed by atoms with Crippen LogP contribution in [0.25, 0.3) is 0 Å². The van der Waals surface area contributed by atoms with Crippen LogP contribution in [-0.4, -0.2) is 26.4 Å². The fourth-order valence-electron chi connectivity index (χ4n) is 1.48. The lowest BCUT2D eigenvalue weighted by Gasteiger charge is -2.19. The molecular formula is C13H21NO3S. The van der Waals surface area contributed by atoms with Gasteiger partial charge in [0.15, 0.2) is 9.84 Å². The molecule has 0 spiro atoms. The number of sulfone groups is 1. The Hall–Kier alpha value is -1.07. The van der Waals surface area contributed by atoms with E-state index >= 15 is 0 Å². The monoisotopic (exact) mass is 271 g/mol. The molecule has 0 aliphatic carbocycles. The number of benzene rings is 1. The van der Waals surface area contributed by atoms with Crippen LogP contribution in [0.4, 0.5) is 5.69 Å². The van der Waals surface area contributed by atoms with Crippen molar-refractivity contribution in [2.75, 3.05) is 18.1 Å². The first-order valence-corrected chi connectivity index (χ1v) is 7.50. The van der Waals surface area contributed by atoms with Gasteiger partial charge in [-0.05, 0) is 45.4 Å². The summed E-state index contributed by atoms with van der Waals surface area (Å²) in [6.07, 6.45) is 0. The minimum absolute atomic E-state index is 0.0576. The second kappa shape index (κ2) is 5.28. The summed E-state index contributed by atoms with van der Waals surface area (Å²) >= 11 is 0. The van der Waals surface area contributed by atoms with E-state index in [0.717, 1.165) is 5.56 Å². The SMILES string of the molecule is Cc1ccc(N)c(S(=O)(=O)CCOC(C)(C)C)c1. The molecule has 0 radical (unpaired) electrons. The van der Waals surface area contributed by atoms with E-state index in [0.29, 0.717) is 0 Å². The summed E-state index contributed by atoms with van der Waals surface area (Å²) in [4.78, 5) is 0.194. The van der Waals surface area contributed by atoms with Crippen LogP contribution < -0.4 is 5.73 Å². The highest BCUT2D eigenvalue weighted by Crippen LogP contribution is 2.21. The third-order valence-corrected chi connectivity index (χ3v) is 4.12. The van der Waals surface area contributed by atoms with Crippen molar-refractivity contribution in [1.29, 1.82) is 0 Å². The van der Waals surface area contributed by atoms with Gasteiger partial charge in [0, 0.05) is 0 Å². The number of hydrogen-bond acceptors (Lipinski definition) is 4. The highest BCUT2D eigenvalue weighted by Gasteiger charge is 2.19. The molecule has 18 heavy (non-hydrogen) atoms. The molecule has 0 amide bonds. The second-order valence-electron chi connectivity index (χ2n) is 5.32. The average Bonchev–Trinajstić information content (AvgIpc) is 2.19. The molecule has 0 aromatic heterocycles.